The highest BCUT2D eigenvalue weighted by molar-refractivity contribution is 7.09. The Morgan fingerprint density at radius 2 is 2.19 bits per heavy atom. The summed E-state index contributed by atoms with van der Waals surface area (Å²) in [6.07, 6.45) is 0. The standard InChI is InChI=1S/C14H14N2O4S/c1-9-15-12(8-21-9)14(18)16-10-4-3-5-11(6-10)20-7-13(17)19-2/h3-6,8H,7H2,1-2H3,(H,16,18). The Morgan fingerprint density at radius 1 is 1.38 bits per heavy atom. The molecule has 1 amide bonds. The van der Waals surface area contributed by atoms with Crippen LogP contribution in [0.1, 0.15) is 15.5 Å². The average molecular weight is 306 g/mol. The van der Waals surface area contributed by atoms with Gasteiger partial charge in [0.25, 0.3) is 5.91 Å². The zero-order valence-electron chi connectivity index (χ0n) is 11.6. The van der Waals surface area contributed by atoms with Gasteiger partial charge in [-0.05, 0) is 19.1 Å². The van der Waals surface area contributed by atoms with Gasteiger partial charge in [0.05, 0.1) is 12.1 Å². The fourth-order valence-corrected chi connectivity index (χ4v) is 2.12. The number of carbonyl (C=O) groups is 2. The number of amides is 1. The van der Waals surface area contributed by atoms with Gasteiger partial charge < -0.3 is 14.8 Å². The Balaban J connectivity index is 2.00. The molecule has 6 nitrogen and oxygen atoms in total. The van der Waals surface area contributed by atoms with Crippen LogP contribution in [-0.4, -0.2) is 30.6 Å². The van der Waals surface area contributed by atoms with Gasteiger partial charge in [-0.2, -0.15) is 0 Å². The summed E-state index contributed by atoms with van der Waals surface area (Å²) in [6.45, 7) is 1.65. The number of ether oxygens (including phenoxy) is 2. The van der Waals surface area contributed by atoms with Gasteiger partial charge in [-0.25, -0.2) is 9.78 Å². The van der Waals surface area contributed by atoms with Gasteiger partial charge in [0, 0.05) is 17.1 Å². The van der Waals surface area contributed by atoms with Gasteiger partial charge >= 0.3 is 5.97 Å². The molecular weight excluding hydrogens is 292 g/mol. The van der Waals surface area contributed by atoms with Crippen LogP contribution in [-0.2, 0) is 9.53 Å². The zero-order chi connectivity index (χ0) is 15.2. The molecule has 0 spiro atoms. The number of nitrogens with zero attached hydrogens (tertiary/aromatic N) is 1. The molecule has 1 N–H and O–H groups in total. The predicted molar refractivity (Wildman–Crippen MR) is 78.8 cm³/mol. The molecule has 0 saturated carbocycles. The minimum atomic E-state index is -0.470. The van der Waals surface area contributed by atoms with Crippen LogP contribution in [0, 0.1) is 6.92 Å². The molecule has 2 aromatic rings. The summed E-state index contributed by atoms with van der Waals surface area (Å²) in [4.78, 5) is 27.1. The van der Waals surface area contributed by atoms with Gasteiger partial charge in [0.15, 0.2) is 6.61 Å². The summed E-state index contributed by atoms with van der Waals surface area (Å²) in [5, 5.41) is 5.25. The van der Waals surface area contributed by atoms with E-state index in [1.54, 1.807) is 29.6 Å². The van der Waals surface area contributed by atoms with Gasteiger partial charge in [0.1, 0.15) is 11.4 Å². The minimum Gasteiger partial charge on any atom is -0.482 e. The minimum absolute atomic E-state index is 0.181. The first-order valence-corrected chi connectivity index (χ1v) is 6.99. The smallest absolute Gasteiger partial charge is 0.343 e. The number of aryl methyl sites for hydroxylation is 1. The SMILES string of the molecule is COC(=O)COc1cccc(NC(=O)c2csc(C)n2)c1. The molecule has 0 aliphatic heterocycles. The molecule has 1 aromatic carbocycles. The molecule has 2 rings (SSSR count). The molecule has 0 unspecified atom stereocenters. The third kappa shape index (κ3) is 4.28. The fourth-order valence-electron chi connectivity index (χ4n) is 1.53. The van der Waals surface area contributed by atoms with Crippen LogP contribution in [0.5, 0.6) is 5.75 Å². The number of nitrogens with one attached hydrogen (secondary N) is 1. The lowest BCUT2D eigenvalue weighted by molar-refractivity contribution is -0.142. The summed E-state index contributed by atoms with van der Waals surface area (Å²) in [7, 11) is 1.29. The summed E-state index contributed by atoms with van der Waals surface area (Å²) in [6, 6.07) is 6.75. The third-order valence-corrected chi connectivity index (χ3v) is 3.30. The lowest BCUT2D eigenvalue weighted by Gasteiger charge is -2.07. The monoisotopic (exact) mass is 306 g/mol. The van der Waals surface area contributed by atoms with Gasteiger partial charge in [-0.15, -0.1) is 11.3 Å². The third-order valence-electron chi connectivity index (χ3n) is 2.53. The lowest BCUT2D eigenvalue weighted by atomic mass is 10.3. The van der Waals surface area contributed by atoms with E-state index >= 15 is 0 Å². The largest absolute Gasteiger partial charge is 0.482 e. The average Bonchev–Trinajstić information content (AvgIpc) is 2.92. The van der Waals surface area contributed by atoms with Gasteiger partial charge in [0.2, 0.25) is 0 Å². The van der Waals surface area contributed by atoms with Crippen molar-refractivity contribution in [2.24, 2.45) is 0 Å². The Labute approximate surface area is 125 Å². The number of carbonyl (C=O) groups excluding carboxylic acids is 2. The fraction of sp³-hybridized carbons (Fsp3) is 0.214. The number of methoxy groups -OCH3 is 1. The molecule has 1 heterocycles. The van der Waals surface area contributed by atoms with E-state index in [2.05, 4.69) is 15.0 Å². The molecule has 1 aromatic heterocycles. The molecule has 0 radical (unpaired) electrons. The number of benzene rings is 1. The number of esters is 1. The molecule has 0 saturated heterocycles. The van der Waals surface area contributed by atoms with E-state index in [-0.39, 0.29) is 12.5 Å². The first kappa shape index (κ1) is 15.0. The van der Waals surface area contributed by atoms with Gasteiger partial charge in [-0.3, -0.25) is 4.79 Å². The van der Waals surface area contributed by atoms with E-state index in [9.17, 15) is 9.59 Å². The molecule has 0 aliphatic rings. The van der Waals surface area contributed by atoms with E-state index in [1.165, 1.54) is 18.4 Å². The maximum Gasteiger partial charge on any atom is 0.343 e. The second kappa shape index (κ2) is 6.85. The van der Waals surface area contributed by atoms with Crippen molar-refractivity contribution < 1.29 is 19.1 Å². The summed E-state index contributed by atoms with van der Waals surface area (Å²) >= 11 is 1.41. The van der Waals surface area contributed by atoms with Crippen molar-refractivity contribution in [1.29, 1.82) is 0 Å². The highest BCUT2D eigenvalue weighted by Gasteiger charge is 2.10. The van der Waals surface area contributed by atoms with E-state index < -0.39 is 5.97 Å². The van der Waals surface area contributed by atoms with Crippen molar-refractivity contribution in [1.82, 2.24) is 4.98 Å². The molecule has 21 heavy (non-hydrogen) atoms. The number of rotatable bonds is 5. The van der Waals surface area contributed by atoms with Crippen molar-refractivity contribution >= 4 is 28.9 Å². The number of hydrogen-bond acceptors (Lipinski definition) is 6. The second-order valence-electron chi connectivity index (χ2n) is 4.10. The van der Waals surface area contributed by atoms with E-state index in [4.69, 9.17) is 4.74 Å². The van der Waals surface area contributed by atoms with E-state index in [0.717, 1.165) is 5.01 Å². The summed E-state index contributed by atoms with van der Waals surface area (Å²) in [5.41, 5.74) is 0.936. The predicted octanol–water partition coefficient (Wildman–Crippen LogP) is 2.26. The molecule has 7 heteroatoms. The highest BCUT2D eigenvalue weighted by atomic mass is 32.1. The van der Waals surface area contributed by atoms with E-state index in [0.29, 0.717) is 17.1 Å². The quantitative estimate of drug-likeness (QED) is 0.857. The first-order chi connectivity index (χ1) is 10.1. The van der Waals surface area contributed by atoms with Crippen molar-refractivity contribution in [3.05, 3.63) is 40.3 Å². The van der Waals surface area contributed by atoms with Crippen molar-refractivity contribution in [3.8, 4) is 5.75 Å². The highest BCUT2D eigenvalue weighted by Crippen LogP contribution is 2.18. The number of hydrogen-bond donors (Lipinski definition) is 1. The molecule has 110 valence electrons. The Hall–Kier alpha value is -2.41. The summed E-state index contributed by atoms with van der Waals surface area (Å²) < 4.78 is 9.74. The number of aromatic nitrogens is 1. The van der Waals surface area contributed by atoms with Crippen LogP contribution in [0.4, 0.5) is 5.69 Å². The van der Waals surface area contributed by atoms with E-state index in [1.807, 2.05) is 6.92 Å². The summed E-state index contributed by atoms with van der Waals surface area (Å²) in [5.74, 6) is -0.292. The molecule has 0 fully saturated rings. The Bertz CT molecular complexity index is 654. The van der Waals surface area contributed by atoms with Crippen molar-refractivity contribution in [2.45, 2.75) is 6.92 Å². The molecular formula is C14H14N2O4S. The Kier molecular flexibility index (Phi) is 4.89. The van der Waals surface area contributed by atoms with Crippen LogP contribution >= 0.6 is 11.3 Å². The van der Waals surface area contributed by atoms with Gasteiger partial charge in [-0.1, -0.05) is 6.07 Å². The topological polar surface area (TPSA) is 77.5 Å². The maximum atomic E-state index is 12.0. The van der Waals surface area contributed by atoms with Crippen LogP contribution in [0.3, 0.4) is 0 Å². The van der Waals surface area contributed by atoms with Crippen LogP contribution in [0.25, 0.3) is 0 Å². The number of anilines is 1. The lowest BCUT2D eigenvalue weighted by Crippen LogP contribution is -2.14. The van der Waals surface area contributed by atoms with Crippen molar-refractivity contribution in [2.75, 3.05) is 19.0 Å². The van der Waals surface area contributed by atoms with Crippen LogP contribution < -0.4 is 10.1 Å². The Morgan fingerprint density at radius 3 is 2.86 bits per heavy atom. The normalized spacial score (nSPS) is 10.0. The van der Waals surface area contributed by atoms with Crippen LogP contribution in [0.2, 0.25) is 0 Å². The molecule has 0 aliphatic carbocycles. The molecule has 0 atom stereocenters. The molecule has 0 bridgehead atoms. The second-order valence-corrected chi connectivity index (χ2v) is 5.16. The van der Waals surface area contributed by atoms with Crippen molar-refractivity contribution in [3.63, 3.8) is 0 Å². The maximum absolute atomic E-state index is 12.0. The first-order valence-electron chi connectivity index (χ1n) is 6.11. The van der Waals surface area contributed by atoms with Crippen LogP contribution in [0.15, 0.2) is 29.6 Å². The zero-order valence-corrected chi connectivity index (χ0v) is 12.4. The number of thiazole rings is 1.